The summed E-state index contributed by atoms with van der Waals surface area (Å²) >= 11 is 3.45. The summed E-state index contributed by atoms with van der Waals surface area (Å²) in [7, 11) is 6.23. The zero-order chi connectivity index (χ0) is 22.4. The fourth-order valence-corrected chi connectivity index (χ4v) is 3.11. The van der Waals surface area contributed by atoms with Gasteiger partial charge in [0.15, 0.2) is 11.5 Å². The second kappa shape index (κ2) is 9.98. The third-order valence-corrected chi connectivity index (χ3v) is 4.86. The molecule has 31 heavy (non-hydrogen) atoms. The topological polar surface area (TPSA) is 107 Å². The molecular weight excluding hydrogens is 466 g/mol. The van der Waals surface area contributed by atoms with E-state index in [2.05, 4.69) is 41.8 Å². The number of aromatic nitrogens is 2. The molecule has 0 saturated carbocycles. The zero-order valence-corrected chi connectivity index (χ0v) is 19.0. The number of carbonyl (C=O) groups is 1. The third kappa shape index (κ3) is 5.15. The minimum Gasteiger partial charge on any atom is -0.493 e. The number of carbonyl (C=O) groups excluding carboxylic acids is 1. The van der Waals surface area contributed by atoms with Crippen molar-refractivity contribution in [3.8, 4) is 17.2 Å². The summed E-state index contributed by atoms with van der Waals surface area (Å²) in [6.45, 7) is 0. The normalized spacial score (nSPS) is 10.2. The number of methoxy groups -OCH3 is 3. The predicted octanol–water partition coefficient (Wildman–Crippen LogP) is 4.11. The molecule has 0 unspecified atom stereocenters. The molecule has 10 heteroatoms. The molecule has 0 fully saturated rings. The van der Waals surface area contributed by atoms with Crippen molar-refractivity contribution in [2.75, 3.05) is 39.0 Å². The number of amides is 1. The van der Waals surface area contributed by atoms with Crippen molar-refractivity contribution in [1.29, 1.82) is 0 Å². The largest absolute Gasteiger partial charge is 0.493 e. The Morgan fingerprint density at radius 3 is 2.29 bits per heavy atom. The van der Waals surface area contributed by atoms with Gasteiger partial charge in [0.25, 0.3) is 5.91 Å². The van der Waals surface area contributed by atoms with E-state index in [1.54, 1.807) is 64.9 Å². The van der Waals surface area contributed by atoms with Crippen LogP contribution < -0.4 is 30.2 Å². The fraction of sp³-hybridized carbons (Fsp3) is 0.190. The van der Waals surface area contributed by atoms with E-state index in [-0.39, 0.29) is 5.91 Å². The molecule has 1 amide bonds. The maximum absolute atomic E-state index is 11.9. The molecule has 1 heterocycles. The van der Waals surface area contributed by atoms with Crippen LogP contribution >= 0.6 is 15.9 Å². The quantitative estimate of drug-likeness (QED) is 0.435. The first-order valence-corrected chi connectivity index (χ1v) is 9.97. The Morgan fingerprint density at radius 1 is 0.968 bits per heavy atom. The number of benzene rings is 2. The lowest BCUT2D eigenvalue weighted by Gasteiger charge is -2.15. The highest BCUT2D eigenvalue weighted by Crippen LogP contribution is 2.40. The summed E-state index contributed by atoms with van der Waals surface area (Å²) in [5, 5.41) is 8.93. The Balaban J connectivity index is 1.88. The summed E-state index contributed by atoms with van der Waals surface area (Å²) in [5.74, 6) is 2.21. The van der Waals surface area contributed by atoms with Crippen LogP contribution in [0.25, 0.3) is 0 Å². The van der Waals surface area contributed by atoms with Gasteiger partial charge in [0, 0.05) is 42.3 Å². The molecule has 162 valence electrons. The van der Waals surface area contributed by atoms with Crippen LogP contribution in [-0.4, -0.2) is 44.3 Å². The zero-order valence-electron chi connectivity index (χ0n) is 17.4. The summed E-state index contributed by atoms with van der Waals surface area (Å²) in [5.41, 5.74) is 1.90. The van der Waals surface area contributed by atoms with Crippen molar-refractivity contribution < 1.29 is 19.0 Å². The number of rotatable bonds is 8. The minimum absolute atomic E-state index is 0.171. The molecule has 2 aromatic carbocycles. The number of anilines is 4. The van der Waals surface area contributed by atoms with Crippen molar-refractivity contribution in [3.05, 3.63) is 52.6 Å². The molecule has 0 aliphatic carbocycles. The van der Waals surface area contributed by atoms with Crippen LogP contribution in [-0.2, 0) is 0 Å². The Hall–Kier alpha value is -3.53. The Labute approximate surface area is 188 Å². The monoisotopic (exact) mass is 487 g/mol. The number of hydrogen-bond donors (Lipinski definition) is 3. The number of hydrogen-bond acceptors (Lipinski definition) is 8. The maximum atomic E-state index is 11.9. The van der Waals surface area contributed by atoms with Crippen LogP contribution in [0.3, 0.4) is 0 Å². The first-order chi connectivity index (χ1) is 15.0. The predicted molar refractivity (Wildman–Crippen MR) is 122 cm³/mol. The van der Waals surface area contributed by atoms with Crippen LogP contribution in [0.5, 0.6) is 17.2 Å². The lowest BCUT2D eigenvalue weighted by atomic mass is 10.2. The van der Waals surface area contributed by atoms with Gasteiger partial charge in [0.2, 0.25) is 11.7 Å². The van der Waals surface area contributed by atoms with E-state index in [1.807, 2.05) is 6.07 Å². The van der Waals surface area contributed by atoms with E-state index in [0.29, 0.717) is 50.4 Å². The molecule has 0 bridgehead atoms. The molecule has 0 saturated heterocycles. The van der Waals surface area contributed by atoms with Gasteiger partial charge in [-0.15, -0.1) is 0 Å². The van der Waals surface area contributed by atoms with Gasteiger partial charge in [0.05, 0.1) is 25.8 Å². The molecule has 3 N–H and O–H groups in total. The molecule has 9 nitrogen and oxygen atoms in total. The third-order valence-electron chi connectivity index (χ3n) is 4.28. The van der Waals surface area contributed by atoms with Crippen LogP contribution in [0.4, 0.5) is 23.1 Å². The van der Waals surface area contributed by atoms with Crippen LogP contribution in [0.1, 0.15) is 10.4 Å². The van der Waals surface area contributed by atoms with E-state index in [9.17, 15) is 4.79 Å². The van der Waals surface area contributed by atoms with Crippen molar-refractivity contribution in [3.63, 3.8) is 0 Å². The average Bonchev–Trinajstić information content (AvgIpc) is 2.80. The van der Waals surface area contributed by atoms with Crippen LogP contribution in [0.15, 0.2) is 47.1 Å². The molecule has 0 aliphatic rings. The van der Waals surface area contributed by atoms with E-state index >= 15 is 0 Å². The van der Waals surface area contributed by atoms with Crippen molar-refractivity contribution >= 4 is 45.0 Å². The van der Waals surface area contributed by atoms with Crippen molar-refractivity contribution in [2.24, 2.45) is 0 Å². The van der Waals surface area contributed by atoms with Gasteiger partial charge in [-0.1, -0.05) is 6.07 Å². The van der Waals surface area contributed by atoms with E-state index in [1.165, 1.54) is 0 Å². The smallest absolute Gasteiger partial charge is 0.251 e. The first-order valence-electron chi connectivity index (χ1n) is 9.17. The van der Waals surface area contributed by atoms with Gasteiger partial charge in [-0.05, 0) is 34.1 Å². The van der Waals surface area contributed by atoms with Gasteiger partial charge in [-0.2, -0.15) is 4.98 Å². The van der Waals surface area contributed by atoms with Crippen LogP contribution in [0.2, 0.25) is 0 Å². The van der Waals surface area contributed by atoms with Gasteiger partial charge >= 0.3 is 0 Å². The Kier molecular flexibility index (Phi) is 7.14. The van der Waals surface area contributed by atoms with Gasteiger partial charge in [-0.25, -0.2) is 4.98 Å². The number of nitrogens with zero attached hydrogens (tertiary/aromatic N) is 2. The summed E-state index contributed by atoms with van der Waals surface area (Å²) in [4.78, 5) is 20.7. The summed E-state index contributed by atoms with van der Waals surface area (Å²) in [6, 6.07) is 10.6. The maximum Gasteiger partial charge on any atom is 0.251 e. The lowest BCUT2D eigenvalue weighted by molar-refractivity contribution is 0.0963. The highest BCUT2D eigenvalue weighted by Gasteiger charge is 2.14. The van der Waals surface area contributed by atoms with E-state index in [0.717, 1.165) is 0 Å². The SMILES string of the molecule is CNC(=O)c1cccc(Nc2nc(Nc3cc(OC)c(OC)c(OC)c3)ncc2Br)c1. The van der Waals surface area contributed by atoms with Crippen LogP contribution in [0, 0.1) is 0 Å². The lowest BCUT2D eigenvalue weighted by Crippen LogP contribution is -2.17. The molecule has 1 aromatic heterocycles. The average molecular weight is 488 g/mol. The number of halogens is 1. The van der Waals surface area contributed by atoms with Gasteiger partial charge in [-0.3, -0.25) is 4.79 Å². The standard InChI is InChI=1S/C21H22BrN5O4/c1-23-20(28)12-6-5-7-13(8-12)25-19-15(22)11-24-21(27-19)26-14-9-16(29-2)18(31-4)17(10-14)30-3/h5-11H,1-4H3,(H,23,28)(H2,24,25,26,27). The molecule has 0 atom stereocenters. The van der Waals surface area contributed by atoms with Gasteiger partial charge in [0.1, 0.15) is 5.82 Å². The van der Waals surface area contributed by atoms with E-state index < -0.39 is 0 Å². The minimum atomic E-state index is -0.171. The second-order valence-electron chi connectivity index (χ2n) is 6.21. The molecule has 3 aromatic rings. The molecule has 0 spiro atoms. The Bertz CT molecular complexity index is 1070. The fourth-order valence-electron chi connectivity index (χ4n) is 2.82. The van der Waals surface area contributed by atoms with Gasteiger partial charge < -0.3 is 30.2 Å². The Morgan fingerprint density at radius 2 is 1.68 bits per heavy atom. The van der Waals surface area contributed by atoms with Crippen molar-refractivity contribution in [2.45, 2.75) is 0 Å². The number of nitrogens with one attached hydrogen (secondary N) is 3. The molecule has 0 aliphatic heterocycles. The molecule has 3 rings (SSSR count). The van der Waals surface area contributed by atoms with E-state index in [4.69, 9.17) is 14.2 Å². The first kappa shape index (κ1) is 22.2. The second-order valence-corrected chi connectivity index (χ2v) is 7.07. The molecule has 0 radical (unpaired) electrons. The highest BCUT2D eigenvalue weighted by molar-refractivity contribution is 9.10. The van der Waals surface area contributed by atoms with Crippen molar-refractivity contribution in [1.82, 2.24) is 15.3 Å². The molecular formula is C21H22BrN5O4. The summed E-state index contributed by atoms with van der Waals surface area (Å²) in [6.07, 6.45) is 1.62. The number of ether oxygens (including phenoxy) is 3. The highest BCUT2D eigenvalue weighted by atomic mass is 79.9. The summed E-state index contributed by atoms with van der Waals surface area (Å²) < 4.78 is 16.8.